The quantitative estimate of drug-likeness (QED) is 0.661. The zero-order valence-corrected chi connectivity index (χ0v) is 6.86. The lowest BCUT2D eigenvalue weighted by molar-refractivity contribution is 0.112. The molecule has 0 unspecified atom stereocenters. The standard InChI is InChI=1S/C10H8O3/c11-6-7-3-4-9-8(10(7)12)2-1-5-13-9/h1-4,6,12H,5H2. The molecule has 0 saturated heterocycles. The van der Waals surface area contributed by atoms with Gasteiger partial charge in [0.05, 0.1) is 11.1 Å². The van der Waals surface area contributed by atoms with Crippen LogP contribution in [0.2, 0.25) is 0 Å². The fourth-order valence-corrected chi connectivity index (χ4v) is 1.29. The van der Waals surface area contributed by atoms with Crippen LogP contribution in [-0.2, 0) is 0 Å². The molecule has 1 aromatic rings. The number of aromatic hydroxyl groups is 1. The molecule has 13 heavy (non-hydrogen) atoms. The summed E-state index contributed by atoms with van der Waals surface area (Å²) in [5.41, 5.74) is 0.866. The van der Waals surface area contributed by atoms with Crippen molar-refractivity contribution in [2.45, 2.75) is 0 Å². The first-order chi connectivity index (χ1) is 6.33. The van der Waals surface area contributed by atoms with Gasteiger partial charge in [0, 0.05) is 0 Å². The largest absolute Gasteiger partial charge is 0.506 e. The zero-order valence-electron chi connectivity index (χ0n) is 6.86. The molecule has 1 aromatic carbocycles. The minimum Gasteiger partial charge on any atom is -0.506 e. The average Bonchev–Trinajstić information content (AvgIpc) is 2.19. The van der Waals surface area contributed by atoms with E-state index in [0.29, 0.717) is 24.2 Å². The van der Waals surface area contributed by atoms with Crippen LogP contribution in [0.4, 0.5) is 0 Å². The van der Waals surface area contributed by atoms with Gasteiger partial charge in [-0.15, -0.1) is 0 Å². The first-order valence-corrected chi connectivity index (χ1v) is 3.93. The van der Waals surface area contributed by atoms with Crippen molar-refractivity contribution >= 4 is 12.4 Å². The molecule has 66 valence electrons. The number of hydrogen-bond donors (Lipinski definition) is 1. The molecule has 0 amide bonds. The van der Waals surface area contributed by atoms with Gasteiger partial charge in [-0.1, -0.05) is 0 Å². The monoisotopic (exact) mass is 176 g/mol. The molecule has 3 nitrogen and oxygen atoms in total. The van der Waals surface area contributed by atoms with Gasteiger partial charge in [0.15, 0.2) is 6.29 Å². The molecule has 1 N–H and O–H groups in total. The van der Waals surface area contributed by atoms with Crippen LogP contribution in [0.3, 0.4) is 0 Å². The lowest BCUT2D eigenvalue weighted by atomic mass is 10.1. The Bertz CT molecular complexity index is 380. The molecule has 1 heterocycles. The van der Waals surface area contributed by atoms with Crippen molar-refractivity contribution in [1.29, 1.82) is 0 Å². The van der Waals surface area contributed by atoms with E-state index in [1.54, 1.807) is 24.3 Å². The lowest BCUT2D eigenvalue weighted by Gasteiger charge is -2.13. The fraction of sp³-hybridized carbons (Fsp3) is 0.100. The average molecular weight is 176 g/mol. The summed E-state index contributed by atoms with van der Waals surface area (Å²) in [7, 11) is 0. The number of hydrogen-bond acceptors (Lipinski definition) is 3. The Morgan fingerprint density at radius 3 is 3.08 bits per heavy atom. The van der Waals surface area contributed by atoms with Gasteiger partial charge in [0.2, 0.25) is 0 Å². The van der Waals surface area contributed by atoms with E-state index >= 15 is 0 Å². The van der Waals surface area contributed by atoms with Crippen molar-refractivity contribution in [2.75, 3.05) is 6.61 Å². The molecule has 0 saturated carbocycles. The van der Waals surface area contributed by atoms with Crippen LogP contribution in [-0.4, -0.2) is 18.0 Å². The third kappa shape index (κ3) is 1.18. The maximum Gasteiger partial charge on any atom is 0.153 e. The Morgan fingerprint density at radius 2 is 2.31 bits per heavy atom. The minimum atomic E-state index is -0.0107. The number of fused-ring (bicyclic) bond motifs is 1. The number of phenols is 1. The van der Waals surface area contributed by atoms with Gasteiger partial charge in [-0.2, -0.15) is 0 Å². The highest BCUT2D eigenvalue weighted by molar-refractivity contribution is 5.84. The van der Waals surface area contributed by atoms with Gasteiger partial charge in [0.25, 0.3) is 0 Å². The van der Waals surface area contributed by atoms with Crippen LogP contribution in [0, 0.1) is 0 Å². The van der Waals surface area contributed by atoms with Crippen LogP contribution in [0.15, 0.2) is 18.2 Å². The molecule has 0 bridgehead atoms. The smallest absolute Gasteiger partial charge is 0.153 e. The van der Waals surface area contributed by atoms with E-state index in [1.165, 1.54) is 0 Å². The zero-order chi connectivity index (χ0) is 9.26. The Balaban J connectivity index is 2.63. The molecule has 2 rings (SSSR count). The molecule has 0 radical (unpaired) electrons. The van der Waals surface area contributed by atoms with Crippen LogP contribution in [0.5, 0.6) is 11.5 Å². The van der Waals surface area contributed by atoms with Gasteiger partial charge in [-0.05, 0) is 24.3 Å². The molecule has 3 heteroatoms. The summed E-state index contributed by atoms with van der Waals surface area (Å²) in [4.78, 5) is 10.5. The third-order valence-corrected chi connectivity index (χ3v) is 1.95. The van der Waals surface area contributed by atoms with Crippen molar-refractivity contribution in [1.82, 2.24) is 0 Å². The van der Waals surface area contributed by atoms with Crippen molar-refractivity contribution < 1.29 is 14.6 Å². The normalized spacial score (nSPS) is 13.2. The molecule has 1 aliphatic heterocycles. The number of rotatable bonds is 1. The molecular formula is C10H8O3. The van der Waals surface area contributed by atoms with Crippen molar-refractivity contribution in [2.24, 2.45) is 0 Å². The summed E-state index contributed by atoms with van der Waals surface area (Å²) in [5, 5.41) is 9.57. The summed E-state index contributed by atoms with van der Waals surface area (Å²) in [5.74, 6) is 0.606. The predicted octanol–water partition coefficient (Wildman–Crippen LogP) is 1.61. The van der Waals surface area contributed by atoms with E-state index in [-0.39, 0.29) is 11.3 Å². The van der Waals surface area contributed by atoms with E-state index in [0.717, 1.165) is 0 Å². The molecule has 0 spiro atoms. The Morgan fingerprint density at radius 1 is 1.46 bits per heavy atom. The van der Waals surface area contributed by atoms with E-state index in [2.05, 4.69) is 0 Å². The number of benzene rings is 1. The van der Waals surface area contributed by atoms with Crippen LogP contribution in [0.1, 0.15) is 15.9 Å². The SMILES string of the molecule is O=Cc1ccc2c(c1O)C=CCO2. The summed E-state index contributed by atoms with van der Waals surface area (Å²) in [6.45, 7) is 0.507. The maximum atomic E-state index is 10.5. The number of carbonyl (C=O) groups is 1. The van der Waals surface area contributed by atoms with Gasteiger partial charge >= 0.3 is 0 Å². The van der Waals surface area contributed by atoms with Crippen molar-refractivity contribution in [3.63, 3.8) is 0 Å². The second kappa shape index (κ2) is 2.94. The van der Waals surface area contributed by atoms with E-state index < -0.39 is 0 Å². The maximum absolute atomic E-state index is 10.5. The van der Waals surface area contributed by atoms with Crippen molar-refractivity contribution in [3.05, 3.63) is 29.3 Å². The van der Waals surface area contributed by atoms with Gasteiger partial charge < -0.3 is 9.84 Å². The van der Waals surface area contributed by atoms with Gasteiger partial charge in [0.1, 0.15) is 18.1 Å². The topological polar surface area (TPSA) is 46.5 Å². The number of aldehydes is 1. The summed E-state index contributed by atoms with van der Waals surface area (Å²) >= 11 is 0. The van der Waals surface area contributed by atoms with Gasteiger partial charge in [-0.3, -0.25) is 4.79 Å². The van der Waals surface area contributed by atoms with Crippen LogP contribution >= 0.6 is 0 Å². The Labute approximate surface area is 75.3 Å². The fourth-order valence-electron chi connectivity index (χ4n) is 1.29. The summed E-state index contributed by atoms with van der Waals surface area (Å²) in [6, 6.07) is 3.22. The number of ether oxygens (including phenoxy) is 1. The second-order valence-corrected chi connectivity index (χ2v) is 2.75. The predicted molar refractivity (Wildman–Crippen MR) is 48.0 cm³/mol. The van der Waals surface area contributed by atoms with Crippen LogP contribution in [0.25, 0.3) is 6.08 Å². The molecule has 0 fully saturated rings. The highest BCUT2D eigenvalue weighted by Crippen LogP contribution is 2.33. The molecule has 0 aromatic heterocycles. The Kier molecular flexibility index (Phi) is 1.77. The number of carbonyl (C=O) groups excluding carboxylic acids is 1. The van der Waals surface area contributed by atoms with Gasteiger partial charge in [-0.25, -0.2) is 0 Å². The third-order valence-electron chi connectivity index (χ3n) is 1.95. The second-order valence-electron chi connectivity index (χ2n) is 2.75. The number of phenolic OH excluding ortho intramolecular Hbond substituents is 1. The molecule has 0 aliphatic carbocycles. The molecule has 0 atom stereocenters. The highest BCUT2D eigenvalue weighted by atomic mass is 16.5. The highest BCUT2D eigenvalue weighted by Gasteiger charge is 2.12. The van der Waals surface area contributed by atoms with E-state index in [4.69, 9.17) is 4.74 Å². The summed E-state index contributed by atoms with van der Waals surface area (Å²) < 4.78 is 5.24. The van der Waals surface area contributed by atoms with Crippen molar-refractivity contribution in [3.8, 4) is 11.5 Å². The first kappa shape index (κ1) is 7.86. The summed E-state index contributed by atoms with van der Waals surface area (Å²) in [6.07, 6.45) is 4.16. The minimum absolute atomic E-state index is 0.0107. The first-order valence-electron chi connectivity index (χ1n) is 3.93. The molecular weight excluding hydrogens is 168 g/mol. The van der Waals surface area contributed by atoms with E-state index in [9.17, 15) is 9.90 Å². The Hall–Kier alpha value is -1.77. The molecule has 1 aliphatic rings. The van der Waals surface area contributed by atoms with E-state index in [1.807, 2.05) is 0 Å². The van der Waals surface area contributed by atoms with Crippen LogP contribution < -0.4 is 4.74 Å². The lowest BCUT2D eigenvalue weighted by Crippen LogP contribution is -2.01.